The number of likely N-dealkylation sites (tertiary alicyclic amines) is 2. The van der Waals surface area contributed by atoms with Gasteiger partial charge < -0.3 is 9.80 Å². The van der Waals surface area contributed by atoms with Crippen molar-refractivity contribution in [3.63, 3.8) is 0 Å². The van der Waals surface area contributed by atoms with Crippen LogP contribution in [0, 0.1) is 0 Å². The molecule has 4 rings (SSSR count). The molecule has 2 fully saturated rings. The molecule has 1 unspecified atom stereocenters. The van der Waals surface area contributed by atoms with Crippen LogP contribution in [0.25, 0.3) is 0 Å². The lowest BCUT2D eigenvalue weighted by molar-refractivity contribution is -0.155. The molecule has 4 nitrogen and oxygen atoms in total. The molecule has 0 aromatic heterocycles. The van der Waals surface area contributed by atoms with Crippen molar-refractivity contribution in [3.8, 4) is 0 Å². The van der Waals surface area contributed by atoms with Crippen molar-refractivity contribution in [1.82, 2.24) is 9.80 Å². The molecule has 0 saturated carbocycles. The van der Waals surface area contributed by atoms with E-state index in [9.17, 15) is 9.59 Å². The summed E-state index contributed by atoms with van der Waals surface area (Å²) in [4.78, 5) is 30.4. The number of carbonyl (C=O) groups excluding carboxylic acids is 2. The quantitative estimate of drug-likeness (QED) is 0.781. The third kappa shape index (κ3) is 3.66. The number of nitrogens with zero attached hydrogens (tertiary/aromatic N) is 2. The molecule has 2 amide bonds. The Kier molecular flexibility index (Phi) is 5.40. The maximum absolute atomic E-state index is 13.5. The Bertz CT molecular complexity index is 853. The van der Waals surface area contributed by atoms with Crippen LogP contribution in [-0.2, 0) is 22.6 Å². The average Bonchev–Trinajstić information content (AvgIpc) is 3.13. The van der Waals surface area contributed by atoms with Gasteiger partial charge in [0.05, 0.1) is 6.42 Å². The summed E-state index contributed by atoms with van der Waals surface area (Å²) in [6, 6.07) is 17.4. The SMILES string of the molecule is O=C(Cc1ccc(Cl)cc1)N1CCCC12CCCN(Cc1ccccc1)C2=O. The van der Waals surface area contributed by atoms with Crippen molar-refractivity contribution in [2.45, 2.75) is 44.2 Å². The molecule has 2 aromatic rings. The molecule has 5 heteroatoms. The zero-order valence-electron chi connectivity index (χ0n) is 15.9. The molecule has 0 aliphatic carbocycles. The molecule has 0 radical (unpaired) electrons. The third-order valence-electron chi connectivity index (χ3n) is 5.98. The molecule has 2 saturated heterocycles. The van der Waals surface area contributed by atoms with E-state index in [1.807, 2.05) is 52.3 Å². The molecule has 1 atom stereocenters. The highest BCUT2D eigenvalue weighted by atomic mass is 35.5. The van der Waals surface area contributed by atoms with Crippen molar-refractivity contribution in [1.29, 1.82) is 0 Å². The van der Waals surface area contributed by atoms with E-state index in [0.717, 1.165) is 43.4 Å². The van der Waals surface area contributed by atoms with Crippen molar-refractivity contribution in [2.24, 2.45) is 0 Å². The van der Waals surface area contributed by atoms with Crippen molar-refractivity contribution in [2.75, 3.05) is 13.1 Å². The second-order valence-electron chi connectivity index (χ2n) is 7.80. The lowest BCUT2D eigenvalue weighted by Gasteiger charge is -2.44. The van der Waals surface area contributed by atoms with E-state index in [-0.39, 0.29) is 11.8 Å². The van der Waals surface area contributed by atoms with Crippen LogP contribution in [0.2, 0.25) is 5.02 Å². The number of amides is 2. The van der Waals surface area contributed by atoms with Crippen LogP contribution in [-0.4, -0.2) is 40.2 Å². The van der Waals surface area contributed by atoms with Crippen molar-refractivity contribution < 1.29 is 9.59 Å². The summed E-state index contributed by atoms with van der Waals surface area (Å²) in [5.74, 6) is 0.152. The normalized spacial score (nSPS) is 22.1. The van der Waals surface area contributed by atoms with Crippen LogP contribution < -0.4 is 0 Å². The largest absolute Gasteiger partial charge is 0.336 e. The van der Waals surface area contributed by atoms with Gasteiger partial charge in [-0.3, -0.25) is 9.59 Å². The first-order chi connectivity index (χ1) is 13.6. The van der Waals surface area contributed by atoms with E-state index in [4.69, 9.17) is 11.6 Å². The second kappa shape index (κ2) is 7.96. The van der Waals surface area contributed by atoms with Gasteiger partial charge in [-0.25, -0.2) is 0 Å². The van der Waals surface area contributed by atoms with Gasteiger partial charge in [-0.05, 0) is 48.9 Å². The van der Waals surface area contributed by atoms with E-state index in [1.165, 1.54) is 0 Å². The predicted octanol–water partition coefficient (Wildman–Crippen LogP) is 4.07. The summed E-state index contributed by atoms with van der Waals surface area (Å²) in [7, 11) is 0. The van der Waals surface area contributed by atoms with Gasteiger partial charge in [-0.15, -0.1) is 0 Å². The number of carbonyl (C=O) groups is 2. The standard InChI is InChI=1S/C23H25ClN2O2/c24-20-10-8-18(9-11-20)16-21(27)26-15-5-13-23(26)12-4-14-25(22(23)28)17-19-6-2-1-3-7-19/h1-3,6-11H,4-5,12-17H2. The van der Waals surface area contributed by atoms with Crippen molar-refractivity contribution in [3.05, 3.63) is 70.7 Å². The van der Waals surface area contributed by atoms with E-state index in [0.29, 0.717) is 24.5 Å². The van der Waals surface area contributed by atoms with Gasteiger partial charge in [-0.1, -0.05) is 54.1 Å². The second-order valence-corrected chi connectivity index (χ2v) is 8.24. The zero-order valence-corrected chi connectivity index (χ0v) is 16.7. The first-order valence-corrected chi connectivity index (χ1v) is 10.3. The fraction of sp³-hybridized carbons (Fsp3) is 0.391. The highest BCUT2D eigenvalue weighted by Crippen LogP contribution is 2.39. The monoisotopic (exact) mass is 396 g/mol. The van der Waals surface area contributed by atoms with Gasteiger partial charge in [0.1, 0.15) is 5.54 Å². The summed E-state index contributed by atoms with van der Waals surface area (Å²) in [6.45, 7) is 2.03. The lowest BCUT2D eigenvalue weighted by atomic mass is 9.85. The number of hydrogen-bond acceptors (Lipinski definition) is 2. The van der Waals surface area contributed by atoms with E-state index in [1.54, 1.807) is 12.1 Å². The smallest absolute Gasteiger partial charge is 0.248 e. The van der Waals surface area contributed by atoms with Crippen LogP contribution in [0.15, 0.2) is 54.6 Å². The average molecular weight is 397 g/mol. The fourth-order valence-corrected chi connectivity index (χ4v) is 4.74. The molecule has 2 aliphatic heterocycles. The van der Waals surface area contributed by atoms with Gasteiger partial charge >= 0.3 is 0 Å². The molecule has 2 heterocycles. The maximum atomic E-state index is 13.5. The molecule has 0 bridgehead atoms. The van der Waals surface area contributed by atoms with Crippen LogP contribution in [0.5, 0.6) is 0 Å². The summed E-state index contributed by atoms with van der Waals surface area (Å²) in [5.41, 5.74) is 1.40. The molecule has 2 aromatic carbocycles. The van der Waals surface area contributed by atoms with Crippen LogP contribution >= 0.6 is 11.6 Å². The van der Waals surface area contributed by atoms with Crippen LogP contribution in [0.3, 0.4) is 0 Å². The van der Waals surface area contributed by atoms with Gasteiger partial charge in [0.25, 0.3) is 0 Å². The summed E-state index contributed by atoms with van der Waals surface area (Å²) >= 11 is 5.95. The number of piperidine rings is 1. The topological polar surface area (TPSA) is 40.6 Å². The summed E-state index contributed by atoms with van der Waals surface area (Å²) in [5, 5.41) is 0.660. The van der Waals surface area contributed by atoms with Crippen LogP contribution in [0.1, 0.15) is 36.8 Å². The highest BCUT2D eigenvalue weighted by Gasteiger charge is 2.52. The lowest BCUT2D eigenvalue weighted by Crippen LogP contribution is -2.61. The molecular formula is C23H25ClN2O2. The molecule has 1 spiro atoms. The van der Waals surface area contributed by atoms with Crippen molar-refractivity contribution >= 4 is 23.4 Å². The maximum Gasteiger partial charge on any atom is 0.248 e. The summed E-state index contributed by atoms with van der Waals surface area (Å²) < 4.78 is 0. The minimum Gasteiger partial charge on any atom is -0.336 e. The number of hydrogen-bond donors (Lipinski definition) is 0. The number of rotatable bonds is 4. The van der Waals surface area contributed by atoms with E-state index >= 15 is 0 Å². The Morgan fingerprint density at radius 3 is 2.32 bits per heavy atom. The van der Waals surface area contributed by atoms with Gasteiger partial charge in [0, 0.05) is 24.7 Å². The molecule has 28 heavy (non-hydrogen) atoms. The first kappa shape index (κ1) is 19.0. The third-order valence-corrected chi connectivity index (χ3v) is 6.23. The molecule has 2 aliphatic rings. The predicted molar refractivity (Wildman–Crippen MR) is 110 cm³/mol. The first-order valence-electron chi connectivity index (χ1n) is 9.97. The fourth-order valence-electron chi connectivity index (χ4n) is 4.62. The Morgan fingerprint density at radius 1 is 0.929 bits per heavy atom. The van der Waals surface area contributed by atoms with Gasteiger partial charge in [-0.2, -0.15) is 0 Å². The Labute approximate surface area is 171 Å². The van der Waals surface area contributed by atoms with Gasteiger partial charge in [0.15, 0.2) is 0 Å². The minimum absolute atomic E-state index is 0.0368. The van der Waals surface area contributed by atoms with Gasteiger partial charge in [0.2, 0.25) is 11.8 Å². The zero-order chi connectivity index (χ0) is 19.6. The Balaban J connectivity index is 1.52. The number of halogens is 1. The number of benzene rings is 2. The molecule has 146 valence electrons. The summed E-state index contributed by atoms with van der Waals surface area (Å²) in [6.07, 6.45) is 3.67. The van der Waals surface area contributed by atoms with Crippen LogP contribution in [0.4, 0.5) is 0 Å². The Morgan fingerprint density at radius 2 is 1.61 bits per heavy atom. The van der Waals surface area contributed by atoms with E-state index < -0.39 is 5.54 Å². The molecule has 0 N–H and O–H groups in total. The Hall–Kier alpha value is -2.33. The highest BCUT2D eigenvalue weighted by molar-refractivity contribution is 6.30. The van der Waals surface area contributed by atoms with E-state index in [2.05, 4.69) is 0 Å². The molecular weight excluding hydrogens is 372 g/mol. The minimum atomic E-state index is -0.656.